The Morgan fingerprint density at radius 1 is 0.966 bits per heavy atom. The number of rotatable bonds is 5. The summed E-state index contributed by atoms with van der Waals surface area (Å²) in [6.45, 7) is 0. The van der Waals surface area contributed by atoms with Crippen LogP contribution in [0.1, 0.15) is 16.7 Å². The number of benzene rings is 3. The zero-order valence-corrected chi connectivity index (χ0v) is 17.9. The van der Waals surface area contributed by atoms with Gasteiger partial charge >= 0.3 is 0 Å². The third kappa shape index (κ3) is 4.79. The number of phenols is 1. The summed E-state index contributed by atoms with van der Waals surface area (Å²) >= 11 is 15.2. The van der Waals surface area contributed by atoms with E-state index in [1.165, 1.54) is 12.3 Å². The van der Waals surface area contributed by atoms with Gasteiger partial charge in [-0.1, -0.05) is 63.4 Å². The highest BCUT2D eigenvalue weighted by Gasteiger charge is 2.40. The van der Waals surface area contributed by atoms with Gasteiger partial charge in [0.2, 0.25) is 0 Å². The molecule has 0 spiro atoms. The Morgan fingerprint density at radius 2 is 1.48 bits per heavy atom. The molecule has 5 nitrogen and oxygen atoms in total. The molecule has 0 unspecified atom stereocenters. The normalized spacial score (nSPS) is 11.6. The lowest BCUT2D eigenvalue weighted by Gasteiger charge is -2.27. The first kappa shape index (κ1) is 21.3. The summed E-state index contributed by atoms with van der Waals surface area (Å²) in [6.07, 6.45) is 1.28. The molecule has 0 aliphatic heterocycles. The average Bonchev–Trinajstić information content (AvgIpc) is 2.71. The second-order valence-corrected chi connectivity index (χ2v) is 7.92. The number of hydrogen-bond donors (Lipinski definition) is 3. The molecule has 0 aliphatic rings. The van der Waals surface area contributed by atoms with Crippen LogP contribution < -0.4 is 5.43 Å². The Labute approximate surface area is 185 Å². The van der Waals surface area contributed by atoms with Gasteiger partial charge in [0.15, 0.2) is 5.60 Å². The van der Waals surface area contributed by atoms with Crippen molar-refractivity contribution in [3.8, 4) is 5.75 Å². The number of aromatic hydroxyl groups is 1. The molecular weight excluding hydrogens is 479 g/mol. The molecule has 0 radical (unpaired) electrons. The third-order valence-electron chi connectivity index (χ3n) is 4.21. The maximum Gasteiger partial charge on any atom is 0.281 e. The van der Waals surface area contributed by atoms with E-state index in [9.17, 15) is 15.0 Å². The fourth-order valence-electron chi connectivity index (χ4n) is 2.68. The van der Waals surface area contributed by atoms with Crippen molar-refractivity contribution in [1.82, 2.24) is 5.43 Å². The lowest BCUT2D eigenvalue weighted by atomic mass is 9.85. The van der Waals surface area contributed by atoms with E-state index in [1.807, 2.05) is 0 Å². The maximum atomic E-state index is 13.0. The number of nitrogens with one attached hydrogen (secondary N) is 1. The van der Waals surface area contributed by atoms with Gasteiger partial charge in [0.25, 0.3) is 5.91 Å². The monoisotopic (exact) mass is 492 g/mol. The lowest BCUT2D eigenvalue weighted by Crippen LogP contribution is -2.43. The Balaban J connectivity index is 1.94. The predicted octanol–water partition coefficient (Wildman–Crippen LogP) is 4.85. The molecule has 148 valence electrons. The van der Waals surface area contributed by atoms with Crippen molar-refractivity contribution in [3.63, 3.8) is 0 Å². The molecular formula is C21H15BrCl2N2O3. The minimum Gasteiger partial charge on any atom is -0.507 e. The van der Waals surface area contributed by atoms with E-state index < -0.39 is 11.5 Å². The van der Waals surface area contributed by atoms with Crippen LogP contribution in [0.3, 0.4) is 0 Å². The van der Waals surface area contributed by atoms with E-state index in [4.69, 9.17) is 23.2 Å². The summed E-state index contributed by atoms with van der Waals surface area (Å²) in [6, 6.07) is 17.3. The molecule has 0 atom stereocenters. The number of amides is 1. The number of carbonyl (C=O) groups excluding carboxylic acids is 1. The largest absolute Gasteiger partial charge is 0.507 e. The second kappa shape index (κ2) is 8.97. The van der Waals surface area contributed by atoms with Crippen molar-refractivity contribution in [2.45, 2.75) is 5.60 Å². The summed E-state index contributed by atoms with van der Waals surface area (Å²) in [7, 11) is 0. The molecule has 0 saturated heterocycles. The van der Waals surface area contributed by atoms with E-state index in [0.717, 1.165) is 4.47 Å². The Hall–Kier alpha value is -2.38. The van der Waals surface area contributed by atoms with Crippen LogP contribution in [0.15, 0.2) is 76.3 Å². The van der Waals surface area contributed by atoms with Crippen molar-refractivity contribution in [3.05, 3.63) is 97.9 Å². The van der Waals surface area contributed by atoms with E-state index in [-0.39, 0.29) is 5.75 Å². The zero-order valence-electron chi connectivity index (χ0n) is 14.8. The number of nitrogens with zero attached hydrogens (tertiary/aromatic N) is 1. The summed E-state index contributed by atoms with van der Waals surface area (Å²) in [5.41, 5.74) is 1.30. The molecule has 0 saturated carbocycles. The Bertz CT molecular complexity index is 1010. The van der Waals surface area contributed by atoms with Gasteiger partial charge < -0.3 is 10.2 Å². The zero-order chi connectivity index (χ0) is 21.0. The van der Waals surface area contributed by atoms with Gasteiger partial charge in [-0.25, -0.2) is 5.43 Å². The van der Waals surface area contributed by atoms with E-state index in [1.54, 1.807) is 60.7 Å². The molecule has 3 aromatic carbocycles. The molecule has 0 fully saturated rings. The summed E-state index contributed by atoms with van der Waals surface area (Å²) in [4.78, 5) is 13.0. The summed E-state index contributed by atoms with van der Waals surface area (Å²) < 4.78 is 0.738. The van der Waals surface area contributed by atoms with Crippen LogP contribution in [0, 0.1) is 0 Å². The lowest BCUT2D eigenvalue weighted by molar-refractivity contribution is -0.136. The van der Waals surface area contributed by atoms with Crippen molar-refractivity contribution in [1.29, 1.82) is 0 Å². The molecule has 3 rings (SSSR count). The Morgan fingerprint density at radius 3 is 2.00 bits per heavy atom. The van der Waals surface area contributed by atoms with Crippen molar-refractivity contribution in [2.75, 3.05) is 0 Å². The second-order valence-electron chi connectivity index (χ2n) is 6.13. The van der Waals surface area contributed by atoms with E-state index in [2.05, 4.69) is 26.5 Å². The van der Waals surface area contributed by atoms with Crippen LogP contribution in [0.2, 0.25) is 10.0 Å². The van der Waals surface area contributed by atoms with Crippen LogP contribution in [0.25, 0.3) is 0 Å². The van der Waals surface area contributed by atoms with Crippen LogP contribution >= 0.6 is 39.1 Å². The number of aliphatic hydroxyl groups is 1. The average molecular weight is 494 g/mol. The minimum atomic E-state index is -2.04. The number of hydrogen-bond acceptors (Lipinski definition) is 4. The maximum absolute atomic E-state index is 13.0. The summed E-state index contributed by atoms with van der Waals surface area (Å²) in [5, 5.41) is 26.1. The summed E-state index contributed by atoms with van der Waals surface area (Å²) in [5.74, 6) is -0.787. The Kier molecular flexibility index (Phi) is 6.59. The first-order valence-corrected chi connectivity index (χ1v) is 9.92. The van der Waals surface area contributed by atoms with Crippen LogP contribution in [-0.4, -0.2) is 22.3 Å². The molecule has 1 amide bonds. The van der Waals surface area contributed by atoms with Gasteiger partial charge in [0.05, 0.1) is 6.21 Å². The molecule has 29 heavy (non-hydrogen) atoms. The highest BCUT2D eigenvalue weighted by Crippen LogP contribution is 2.32. The van der Waals surface area contributed by atoms with Gasteiger partial charge in [-0.05, 0) is 53.6 Å². The molecule has 8 heteroatoms. The van der Waals surface area contributed by atoms with Crippen LogP contribution in [0.4, 0.5) is 0 Å². The standard InChI is InChI=1S/C21H15BrCl2N2O3/c22-16-5-10-19(27)13(11-16)12-25-26-20(28)21(29,14-1-6-17(23)7-2-14)15-3-8-18(24)9-4-15/h1-12,27,29H,(H,26,28)/b25-12+. The number of phenolic OH excluding ortho intramolecular Hbond substituents is 1. The van der Waals surface area contributed by atoms with Gasteiger partial charge in [-0.2, -0.15) is 5.10 Å². The number of halogens is 3. The van der Waals surface area contributed by atoms with Crippen molar-refractivity contribution < 1.29 is 15.0 Å². The fraction of sp³-hybridized carbons (Fsp3) is 0.0476. The molecule has 0 heterocycles. The van der Waals surface area contributed by atoms with E-state index in [0.29, 0.717) is 26.7 Å². The SMILES string of the molecule is O=C(N/N=C/c1cc(Br)ccc1O)C(O)(c1ccc(Cl)cc1)c1ccc(Cl)cc1. The fourth-order valence-corrected chi connectivity index (χ4v) is 3.31. The van der Waals surface area contributed by atoms with Crippen LogP contribution in [0.5, 0.6) is 5.75 Å². The number of carbonyl (C=O) groups is 1. The van der Waals surface area contributed by atoms with Gasteiger partial charge in [0.1, 0.15) is 5.75 Å². The topological polar surface area (TPSA) is 81.9 Å². The van der Waals surface area contributed by atoms with Crippen molar-refractivity contribution in [2.24, 2.45) is 5.10 Å². The van der Waals surface area contributed by atoms with Crippen LogP contribution in [-0.2, 0) is 10.4 Å². The molecule has 0 aliphatic carbocycles. The molecule has 0 aromatic heterocycles. The molecule has 3 aromatic rings. The smallest absolute Gasteiger partial charge is 0.281 e. The predicted molar refractivity (Wildman–Crippen MR) is 117 cm³/mol. The van der Waals surface area contributed by atoms with Crippen molar-refractivity contribution >= 4 is 51.3 Å². The number of hydrazone groups is 1. The van der Waals surface area contributed by atoms with Gasteiger partial charge in [0, 0.05) is 20.1 Å². The molecule has 3 N–H and O–H groups in total. The van der Waals surface area contributed by atoms with Gasteiger partial charge in [-0.15, -0.1) is 0 Å². The first-order chi connectivity index (χ1) is 13.8. The van der Waals surface area contributed by atoms with Gasteiger partial charge in [-0.3, -0.25) is 4.79 Å². The quantitative estimate of drug-likeness (QED) is 0.351. The first-order valence-electron chi connectivity index (χ1n) is 8.37. The molecule has 0 bridgehead atoms. The minimum absolute atomic E-state index is 0.00290. The highest BCUT2D eigenvalue weighted by atomic mass is 79.9. The third-order valence-corrected chi connectivity index (χ3v) is 5.21. The highest BCUT2D eigenvalue weighted by molar-refractivity contribution is 9.10. The van der Waals surface area contributed by atoms with E-state index >= 15 is 0 Å².